The number of hydrogen-bond acceptors (Lipinski definition) is 10. The van der Waals surface area contributed by atoms with Crippen LogP contribution in [0.2, 0.25) is 0 Å². The first-order valence-electron chi connectivity index (χ1n) is 24.6. The first kappa shape index (κ1) is 57.1. The molecule has 350 valence electrons. The van der Waals surface area contributed by atoms with Crippen LogP contribution in [0.5, 0.6) is 0 Å². The van der Waals surface area contributed by atoms with Crippen molar-refractivity contribution in [3.8, 4) is 0 Å². The van der Waals surface area contributed by atoms with Crippen LogP contribution in [-0.4, -0.2) is 81.1 Å². The number of allylic oxidation sites excluding steroid dienone is 4. The zero-order valence-electron chi connectivity index (χ0n) is 39.3. The summed E-state index contributed by atoms with van der Waals surface area (Å²) in [6.45, 7) is 13.2. The summed E-state index contributed by atoms with van der Waals surface area (Å²) in [6.07, 6.45) is 36.1. The molecule has 1 atom stereocenters. The third-order valence-electron chi connectivity index (χ3n) is 10.8. The average molecular weight is 850 g/mol. The lowest BCUT2D eigenvalue weighted by Crippen LogP contribution is -2.28. The summed E-state index contributed by atoms with van der Waals surface area (Å²) >= 11 is 0. The van der Waals surface area contributed by atoms with Crippen molar-refractivity contribution in [3.63, 3.8) is 0 Å². The Morgan fingerprint density at radius 1 is 0.483 bits per heavy atom. The second-order valence-electron chi connectivity index (χ2n) is 16.4. The molecule has 60 heavy (non-hydrogen) atoms. The molecule has 0 aliphatic heterocycles. The van der Waals surface area contributed by atoms with Gasteiger partial charge in [-0.25, -0.2) is 4.79 Å². The van der Waals surface area contributed by atoms with E-state index in [1.807, 2.05) is 0 Å². The topological polar surface area (TPSA) is 118 Å². The van der Waals surface area contributed by atoms with E-state index < -0.39 is 30.4 Å². The zero-order chi connectivity index (χ0) is 44.2. The van der Waals surface area contributed by atoms with Gasteiger partial charge in [0.15, 0.2) is 0 Å². The molecule has 10 nitrogen and oxygen atoms in total. The van der Waals surface area contributed by atoms with E-state index in [1.165, 1.54) is 77.0 Å². The number of nitrogens with zero attached hydrogens (tertiary/aromatic N) is 1. The van der Waals surface area contributed by atoms with Crippen molar-refractivity contribution in [2.24, 2.45) is 5.92 Å². The fourth-order valence-electron chi connectivity index (χ4n) is 6.89. The molecule has 0 amide bonds. The molecule has 0 aromatic carbocycles. The van der Waals surface area contributed by atoms with E-state index in [1.54, 1.807) is 0 Å². The molecule has 0 aromatic rings. The van der Waals surface area contributed by atoms with E-state index in [-0.39, 0.29) is 44.9 Å². The highest BCUT2D eigenvalue weighted by Gasteiger charge is 2.22. The number of hydrogen-bond donors (Lipinski definition) is 0. The molecule has 0 spiro atoms. The van der Waals surface area contributed by atoms with Crippen molar-refractivity contribution in [2.75, 3.05) is 46.1 Å². The van der Waals surface area contributed by atoms with E-state index in [4.69, 9.17) is 23.7 Å². The highest BCUT2D eigenvalue weighted by molar-refractivity contribution is 5.91. The van der Waals surface area contributed by atoms with E-state index in [0.29, 0.717) is 6.42 Å². The van der Waals surface area contributed by atoms with Gasteiger partial charge in [-0.05, 0) is 83.7 Å². The molecule has 0 heterocycles. The van der Waals surface area contributed by atoms with Crippen molar-refractivity contribution in [3.05, 3.63) is 24.3 Å². The minimum Gasteiger partial charge on any atom is -0.465 e. The normalized spacial score (nSPS) is 12.1. The largest absolute Gasteiger partial charge is 0.508 e. The van der Waals surface area contributed by atoms with Crippen LogP contribution in [0.1, 0.15) is 214 Å². The van der Waals surface area contributed by atoms with Crippen molar-refractivity contribution in [2.45, 2.75) is 221 Å². The summed E-state index contributed by atoms with van der Waals surface area (Å²) in [6, 6.07) is 0. The number of ether oxygens (including phenoxy) is 5. The van der Waals surface area contributed by atoms with Gasteiger partial charge in [-0.3, -0.25) is 14.4 Å². The molecule has 0 aliphatic rings. The molecular formula is C50H91NO9. The van der Waals surface area contributed by atoms with E-state index in [0.717, 1.165) is 103 Å². The van der Waals surface area contributed by atoms with Crippen LogP contribution in [0.15, 0.2) is 24.3 Å². The summed E-state index contributed by atoms with van der Waals surface area (Å²) < 4.78 is 27.4. The molecule has 0 aliphatic carbocycles. The minimum absolute atomic E-state index is 0.0926. The number of esters is 3. The van der Waals surface area contributed by atoms with Crippen molar-refractivity contribution >= 4 is 24.1 Å². The fourth-order valence-corrected chi connectivity index (χ4v) is 6.89. The molecule has 0 fully saturated rings. The van der Waals surface area contributed by atoms with Gasteiger partial charge in [0, 0.05) is 13.0 Å². The predicted molar refractivity (Wildman–Crippen MR) is 245 cm³/mol. The Kier molecular flexibility index (Phi) is 42.1. The molecule has 1 unspecified atom stereocenters. The molecule has 0 rings (SSSR count). The number of carbonyl (C=O) groups excluding carboxylic acids is 4. The van der Waals surface area contributed by atoms with Gasteiger partial charge in [0.05, 0.1) is 12.5 Å². The molecular weight excluding hydrogens is 759 g/mol. The first-order valence-corrected chi connectivity index (χ1v) is 24.6. The van der Waals surface area contributed by atoms with Crippen LogP contribution in [0.3, 0.4) is 0 Å². The van der Waals surface area contributed by atoms with Crippen molar-refractivity contribution in [1.29, 1.82) is 0 Å². The Morgan fingerprint density at radius 3 is 1.55 bits per heavy atom. The second-order valence-corrected chi connectivity index (χ2v) is 16.4. The minimum atomic E-state index is -0.826. The van der Waals surface area contributed by atoms with Crippen LogP contribution in [0, 0.1) is 5.92 Å². The summed E-state index contributed by atoms with van der Waals surface area (Å²) in [7, 11) is 0. The summed E-state index contributed by atoms with van der Waals surface area (Å²) in [4.78, 5) is 52.9. The third kappa shape index (κ3) is 39.3. The Labute approximate surface area is 367 Å². The monoisotopic (exact) mass is 850 g/mol. The lowest BCUT2D eigenvalue weighted by Gasteiger charge is -2.19. The van der Waals surface area contributed by atoms with E-state index >= 15 is 0 Å². The predicted octanol–water partition coefficient (Wildman–Crippen LogP) is 13.2. The van der Waals surface area contributed by atoms with Gasteiger partial charge in [-0.2, -0.15) is 0 Å². The summed E-state index contributed by atoms with van der Waals surface area (Å²) in [5.74, 6) is -2.28. The highest BCUT2D eigenvalue weighted by Crippen LogP contribution is 2.18. The van der Waals surface area contributed by atoms with Crippen LogP contribution in [0.25, 0.3) is 0 Å². The fraction of sp³-hybridized carbons (Fsp3) is 0.840. The third-order valence-corrected chi connectivity index (χ3v) is 10.8. The van der Waals surface area contributed by atoms with Gasteiger partial charge in [-0.15, -0.1) is 0 Å². The Hall–Kier alpha value is -2.88. The van der Waals surface area contributed by atoms with Gasteiger partial charge in [0.1, 0.15) is 32.3 Å². The Bertz CT molecular complexity index is 1060. The zero-order valence-corrected chi connectivity index (χ0v) is 39.3. The Morgan fingerprint density at radius 2 is 0.967 bits per heavy atom. The van der Waals surface area contributed by atoms with Crippen LogP contribution in [0.4, 0.5) is 4.79 Å². The van der Waals surface area contributed by atoms with Gasteiger partial charge >= 0.3 is 24.1 Å². The van der Waals surface area contributed by atoms with Crippen molar-refractivity contribution < 1.29 is 42.9 Å². The van der Waals surface area contributed by atoms with Gasteiger partial charge in [-0.1, -0.05) is 155 Å². The number of rotatable bonds is 43. The maximum atomic E-state index is 12.9. The average Bonchev–Trinajstić information content (AvgIpc) is 3.24. The first-order chi connectivity index (χ1) is 29.3. The lowest BCUT2D eigenvalue weighted by molar-refractivity contribution is -0.159. The molecule has 0 radical (unpaired) electrons. The molecule has 10 heteroatoms. The number of carbonyl (C=O) groups is 4. The second kappa shape index (κ2) is 44.2. The van der Waals surface area contributed by atoms with Gasteiger partial charge in [0.25, 0.3) is 0 Å². The van der Waals surface area contributed by atoms with Gasteiger partial charge in [0.2, 0.25) is 0 Å². The maximum Gasteiger partial charge on any atom is 0.508 e. The van der Waals surface area contributed by atoms with Crippen LogP contribution in [-0.2, 0) is 38.1 Å². The molecule has 0 N–H and O–H groups in total. The SMILES string of the molecule is CCCCC/C=C\C/C=C\CCCCCCCC(=O)OCC(COC(=O)CC(=O)OC(CCCCCCCC)CCCCCCCC)COC(=O)OCCCN(CC)CC. The summed E-state index contributed by atoms with van der Waals surface area (Å²) in [5.41, 5.74) is 0. The molecule has 0 saturated heterocycles. The van der Waals surface area contributed by atoms with Crippen molar-refractivity contribution in [1.82, 2.24) is 4.90 Å². The quantitative estimate of drug-likeness (QED) is 0.0193. The molecule has 0 saturated carbocycles. The van der Waals surface area contributed by atoms with E-state index in [9.17, 15) is 19.2 Å². The lowest BCUT2D eigenvalue weighted by atomic mass is 10.0. The highest BCUT2D eigenvalue weighted by atomic mass is 16.7. The standard InChI is InChI=1S/C50H91NO9/c1-6-11-14-17-20-21-22-23-24-25-26-27-28-31-34-38-47(52)57-42-45(44-59-50(55)56-40-35-39-51(9-4)10-5)43-58-48(53)41-49(54)60-46(36-32-29-18-15-12-7-2)37-33-30-19-16-13-8-3/h20-21,23-24,45-46H,6-19,22,25-44H2,1-5H3/b21-20-,24-23-. The Balaban J connectivity index is 4.88. The van der Waals surface area contributed by atoms with Crippen LogP contribution >= 0.6 is 0 Å². The molecule has 0 bridgehead atoms. The number of unbranched alkanes of at least 4 members (excludes halogenated alkanes) is 18. The summed E-state index contributed by atoms with van der Waals surface area (Å²) in [5, 5.41) is 0. The maximum absolute atomic E-state index is 12.9. The van der Waals surface area contributed by atoms with Gasteiger partial charge < -0.3 is 28.6 Å². The smallest absolute Gasteiger partial charge is 0.465 e. The van der Waals surface area contributed by atoms with Crippen LogP contribution < -0.4 is 0 Å². The molecule has 0 aromatic heterocycles. The van der Waals surface area contributed by atoms with E-state index in [2.05, 4.69) is 63.8 Å².